The first-order valence-corrected chi connectivity index (χ1v) is 8.13. The summed E-state index contributed by atoms with van der Waals surface area (Å²) in [6.45, 7) is 16.4. The van der Waals surface area contributed by atoms with Gasteiger partial charge in [0.05, 0.1) is 12.3 Å². The molecule has 1 fully saturated rings. The van der Waals surface area contributed by atoms with E-state index in [1.165, 1.54) is 0 Å². The zero-order valence-corrected chi connectivity index (χ0v) is 15.8. The molecule has 0 unspecified atom stereocenters. The van der Waals surface area contributed by atoms with Crippen molar-refractivity contribution in [2.24, 2.45) is 11.8 Å². The topological polar surface area (TPSA) is 72.9 Å². The molecule has 0 aliphatic carbocycles. The molecular weight excluding hydrogens is 310 g/mol. The molecule has 1 aliphatic heterocycles. The number of ether oxygens (including phenoxy) is 2. The first-order chi connectivity index (χ1) is 10.7. The Balaban J connectivity index is 2.90. The van der Waals surface area contributed by atoms with Crippen molar-refractivity contribution >= 4 is 18.0 Å². The van der Waals surface area contributed by atoms with Gasteiger partial charge in [0.25, 0.3) is 0 Å². The summed E-state index contributed by atoms with van der Waals surface area (Å²) in [4.78, 5) is 38.0. The van der Waals surface area contributed by atoms with E-state index in [0.29, 0.717) is 0 Å². The summed E-state index contributed by atoms with van der Waals surface area (Å²) in [5.74, 6) is -1.80. The van der Waals surface area contributed by atoms with Gasteiger partial charge >= 0.3 is 12.1 Å². The molecule has 6 nitrogen and oxygen atoms in total. The van der Waals surface area contributed by atoms with Crippen LogP contribution in [0.4, 0.5) is 4.79 Å². The number of rotatable bonds is 3. The van der Waals surface area contributed by atoms with E-state index in [2.05, 4.69) is 6.58 Å². The van der Waals surface area contributed by atoms with Crippen LogP contribution < -0.4 is 0 Å². The molecule has 0 radical (unpaired) electrons. The van der Waals surface area contributed by atoms with Crippen molar-refractivity contribution in [2.45, 2.75) is 66.1 Å². The minimum absolute atomic E-state index is 0.0765. The van der Waals surface area contributed by atoms with Crippen LogP contribution in [0.15, 0.2) is 12.2 Å². The number of imide groups is 1. The lowest BCUT2D eigenvalue weighted by molar-refractivity contribution is -0.157. The standard InChI is InChI=1S/C18H29NO5/c1-11(2)13-10-19(16(22)24-18(6,7)8)15(21)12(13)9-14(20)23-17(3,4)5/h12-13H,1,9-10H2,2-8H3/t12-,13+/m0/s1. The fraction of sp³-hybridized carbons (Fsp3) is 0.722. The highest BCUT2D eigenvalue weighted by Crippen LogP contribution is 2.34. The van der Waals surface area contributed by atoms with E-state index in [0.717, 1.165) is 10.5 Å². The van der Waals surface area contributed by atoms with Crippen molar-refractivity contribution < 1.29 is 23.9 Å². The molecule has 0 aromatic heterocycles. The maximum atomic E-state index is 12.6. The van der Waals surface area contributed by atoms with Crippen LogP contribution in [0, 0.1) is 11.8 Å². The number of nitrogens with zero attached hydrogens (tertiary/aromatic N) is 1. The van der Waals surface area contributed by atoms with Crippen molar-refractivity contribution in [1.82, 2.24) is 4.90 Å². The van der Waals surface area contributed by atoms with Crippen LogP contribution in [-0.4, -0.2) is 40.6 Å². The van der Waals surface area contributed by atoms with Crippen molar-refractivity contribution in [3.8, 4) is 0 Å². The van der Waals surface area contributed by atoms with Gasteiger partial charge in [0.2, 0.25) is 5.91 Å². The van der Waals surface area contributed by atoms with Crippen molar-refractivity contribution in [1.29, 1.82) is 0 Å². The van der Waals surface area contributed by atoms with Crippen molar-refractivity contribution in [3.63, 3.8) is 0 Å². The largest absolute Gasteiger partial charge is 0.460 e. The van der Waals surface area contributed by atoms with Crippen molar-refractivity contribution in [2.75, 3.05) is 6.54 Å². The van der Waals surface area contributed by atoms with Gasteiger partial charge < -0.3 is 9.47 Å². The molecule has 1 aliphatic rings. The third kappa shape index (κ3) is 5.65. The summed E-state index contributed by atoms with van der Waals surface area (Å²) in [7, 11) is 0. The predicted octanol–water partition coefficient (Wildman–Crippen LogP) is 3.30. The van der Waals surface area contributed by atoms with Crippen LogP contribution in [0.1, 0.15) is 54.9 Å². The fourth-order valence-electron chi connectivity index (χ4n) is 2.56. The van der Waals surface area contributed by atoms with E-state index in [4.69, 9.17) is 9.47 Å². The SMILES string of the molecule is C=C(C)[C@H]1CN(C(=O)OC(C)(C)C)C(=O)[C@H]1CC(=O)OC(C)(C)C. The smallest absolute Gasteiger partial charge is 0.417 e. The molecule has 0 spiro atoms. The number of hydrogen-bond donors (Lipinski definition) is 0. The molecule has 2 amide bonds. The van der Waals surface area contributed by atoms with E-state index in [1.54, 1.807) is 48.5 Å². The molecule has 0 aromatic rings. The van der Waals surface area contributed by atoms with E-state index < -0.39 is 35.1 Å². The summed E-state index contributed by atoms with van der Waals surface area (Å²) in [5.41, 5.74) is -0.565. The minimum Gasteiger partial charge on any atom is -0.460 e. The molecule has 0 N–H and O–H groups in total. The Morgan fingerprint density at radius 3 is 2.04 bits per heavy atom. The fourth-order valence-corrected chi connectivity index (χ4v) is 2.56. The average Bonchev–Trinajstić information content (AvgIpc) is 2.62. The molecular formula is C18H29NO5. The van der Waals surface area contributed by atoms with Gasteiger partial charge in [-0.05, 0) is 48.5 Å². The van der Waals surface area contributed by atoms with E-state index in [9.17, 15) is 14.4 Å². The summed E-state index contributed by atoms with van der Waals surface area (Å²) in [6.07, 6.45) is -0.766. The predicted molar refractivity (Wildman–Crippen MR) is 90.2 cm³/mol. The van der Waals surface area contributed by atoms with Gasteiger partial charge in [-0.2, -0.15) is 0 Å². The van der Waals surface area contributed by atoms with Crippen LogP contribution in [0.25, 0.3) is 0 Å². The Labute approximate surface area is 144 Å². The molecule has 0 bridgehead atoms. The molecule has 2 atom stereocenters. The third-order valence-corrected chi connectivity index (χ3v) is 3.50. The van der Waals surface area contributed by atoms with Gasteiger partial charge in [-0.3, -0.25) is 9.59 Å². The second-order valence-electron chi connectivity index (χ2n) is 8.28. The van der Waals surface area contributed by atoms with Crippen LogP contribution in [0.2, 0.25) is 0 Å². The maximum Gasteiger partial charge on any atom is 0.417 e. The monoisotopic (exact) mass is 339 g/mol. The van der Waals surface area contributed by atoms with E-state index >= 15 is 0 Å². The van der Waals surface area contributed by atoms with E-state index in [1.807, 2.05) is 0 Å². The van der Waals surface area contributed by atoms with Gasteiger partial charge in [-0.15, -0.1) is 0 Å². The molecule has 1 heterocycles. The molecule has 1 saturated heterocycles. The van der Waals surface area contributed by atoms with Crippen LogP contribution in [-0.2, 0) is 19.1 Å². The number of hydrogen-bond acceptors (Lipinski definition) is 5. The third-order valence-electron chi connectivity index (χ3n) is 3.50. The molecule has 24 heavy (non-hydrogen) atoms. The van der Waals surface area contributed by atoms with Gasteiger partial charge in [-0.25, -0.2) is 9.69 Å². The zero-order valence-electron chi connectivity index (χ0n) is 15.8. The Morgan fingerprint density at radius 1 is 1.12 bits per heavy atom. The normalized spacial score (nSPS) is 21.6. The highest BCUT2D eigenvalue weighted by molar-refractivity contribution is 5.97. The van der Waals surface area contributed by atoms with Crippen molar-refractivity contribution in [3.05, 3.63) is 12.2 Å². The molecule has 136 valence electrons. The molecule has 6 heteroatoms. The lowest BCUT2D eigenvalue weighted by atomic mass is 9.87. The second kappa shape index (κ2) is 6.95. The van der Waals surface area contributed by atoms with Crippen LogP contribution in [0.5, 0.6) is 0 Å². The summed E-state index contributed by atoms with van der Waals surface area (Å²) in [5, 5.41) is 0. The first kappa shape index (κ1) is 20.2. The zero-order chi connectivity index (χ0) is 18.9. The molecule has 1 rings (SSSR count). The highest BCUT2D eigenvalue weighted by Gasteiger charge is 2.46. The summed E-state index contributed by atoms with van der Waals surface area (Å²) >= 11 is 0. The number of amides is 2. The van der Waals surface area contributed by atoms with Crippen LogP contribution in [0.3, 0.4) is 0 Å². The molecule has 0 saturated carbocycles. The first-order valence-electron chi connectivity index (χ1n) is 8.13. The Morgan fingerprint density at radius 2 is 1.62 bits per heavy atom. The number of carbonyl (C=O) groups excluding carboxylic acids is 3. The van der Waals surface area contributed by atoms with Crippen LogP contribution >= 0.6 is 0 Å². The average molecular weight is 339 g/mol. The highest BCUT2D eigenvalue weighted by atomic mass is 16.6. The molecule has 0 aromatic carbocycles. The quantitative estimate of drug-likeness (QED) is 0.582. The second-order valence-corrected chi connectivity index (χ2v) is 8.28. The maximum absolute atomic E-state index is 12.6. The Hall–Kier alpha value is -1.85. The number of carbonyl (C=O) groups is 3. The van der Waals surface area contributed by atoms with E-state index in [-0.39, 0.29) is 18.9 Å². The summed E-state index contributed by atoms with van der Waals surface area (Å²) in [6, 6.07) is 0. The van der Waals surface area contributed by atoms with Gasteiger partial charge in [0.1, 0.15) is 11.2 Å². The van der Waals surface area contributed by atoms with Gasteiger partial charge in [0.15, 0.2) is 0 Å². The Kier molecular flexibility index (Phi) is 5.85. The minimum atomic E-state index is -0.695. The Bertz CT molecular complexity index is 539. The van der Waals surface area contributed by atoms with Gasteiger partial charge in [0, 0.05) is 12.5 Å². The summed E-state index contributed by atoms with van der Waals surface area (Å²) < 4.78 is 10.6. The lowest BCUT2D eigenvalue weighted by Crippen LogP contribution is -2.39. The lowest BCUT2D eigenvalue weighted by Gasteiger charge is -2.23. The number of esters is 1. The number of likely N-dealkylation sites (tertiary alicyclic amines) is 1. The van der Waals surface area contributed by atoms with Gasteiger partial charge in [-0.1, -0.05) is 12.2 Å².